The van der Waals surface area contributed by atoms with Crippen LogP contribution in [-0.4, -0.2) is 48.4 Å². The largest absolute Gasteiger partial charge is 2.00 e. The van der Waals surface area contributed by atoms with Gasteiger partial charge in [0.25, 0.3) is 0 Å². The van der Waals surface area contributed by atoms with Gasteiger partial charge in [0.1, 0.15) is 4.31 Å². The zero-order valence-corrected chi connectivity index (χ0v) is 10.8. The van der Waals surface area contributed by atoms with Gasteiger partial charge in [-0.05, 0) is 9.13 Å². The average molecular weight is 293 g/mol. The maximum Gasteiger partial charge on any atom is 2.00 e. The molecule has 60 valence electrons. The molecule has 0 radical (unpaired) electrons. The molecule has 0 rings (SSSR count). The molecule has 0 saturated heterocycles. The monoisotopic (exact) mass is 292 g/mol. The van der Waals surface area contributed by atoms with Gasteiger partial charge in [-0.3, -0.25) is 0 Å². The fourth-order valence-electron chi connectivity index (χ4n) is 0.0544. The molecular weight excluding hydrogens is 290 g/mol. The molecule has 0 aromatic heterocycles. The Bertz CT molecular complexity index is 107. The number of halogens is 1. The fourth-order valence-corrected chi connectivity index (χ4v) is 0.490. The smallest absolute Gasteiger partial charge is 0.563 e. The van der Waals surface area contributed by atoms with Crippen molar-refractivity contribution in [1.29, 1.82) is 0 Å². The SMILES string of the molecule is O=[P+]([O-])O[P+](=O)[O-].OCBr.[Ca+2]. The van der Waals surface area contributed by atoms with Crippen molar-refractivity contribution in [2.75, 3.05) is 5.52 Å². The van der Waals surface area contributed by atoms with Crippen LogP contribution in [0.3, 0.4) is 0 Å². The Labute approximate surface area is 103 Å². The average Bonchev–Trinajstić information content (AvgIpc) is 1.62. The van der Waals surface area contributed by atoms with Crippen molar-refractivity contribution in [1.82, 2.24) is 0 Å². The van der Waals surface area contributed by atoms with Crippen LogP contribution in [0.4, 0.5) is 0 Å². The number of aliphatic hydroxyl groups is 1. The molecule has 1 N–H and O–H groups in total. The minimum atomic E-state index is -3.24. The van der Waals surface area contributed by atoms with Crippen LogP contribution in [0.5, 0.6) is 0 Å². The summed E-state index contributed by atoms with van der Waals surface area (Å²) in [5.74, 6) is 0. The molecule has 10 heteroatoms. The van der Waals surface area contributed by atoms with Crippen LogP contribution in [0.25, 0.3) is 0 Å². The first kappa shape index (κ1) is 18.5. The summed E-state index contributed by atoms with van der Waals surface area (Å²) in [6.07, 6.45) is 0. The van der Waals surface area contributed by atoms with Crippen molar-refractivity contribution in [3.63, 3.8) is 0 Å². The van der Waals surface area contributed by atoms with Gasteiger partial charge in [-0.15, -0.1) is 0 Å². The van der Waals surface area contributed by atoms with Crippen molar-refractivity contribution in [2.24, 2.45) is 0 Å². The number of alkyl halides is 1. The van der Waals surface area contributed by atoms with Gasteiger partial charge in [-0.1, -0.05) is 15.9 Å². The molecule has 0 amide bonds. The topological polar surface area (TPSA) is 110 Å². The second-order valence-electron chi connectivity index (χ2n) is 0.648. The van der Waals surface area contributed by atoms with E-state index in [1.54, 1.807) is 0 Å². The molecule has 2 atom stereocenters. The van der Waals surface area contributed by atoms with Gasteiger partial charge in [-0.2, -0.15) is 0 Å². The summed E-state index contributed by atoms with van der Waals surface area (Å²) in [5.41, 5.74) is 0.0625. The van der Waals surface area contributed by atoms with Gasteiger partial charge >= 0.3 is 54.2 Å². The third kappa shape index (κ3) is 33.7. The van der Waals surface area contributed by atoms with E-state index < -0.39 is 16.5 Å². The number of hydrogen-bond donors (Lipinski definition) is 1. The molecule has 0 aromatic carbocycles. The Morgan fingerprint density at radius 2 is 1.55 bits per heavy atom. The fraction of sp³-hybridized carbons (Fsp3) is 1.00. The third-order valence-corrected chi connectivity index (χ3v) is 1.20. The Balaban J connectivity index is -0.000000140. The Morgan fingerprint density at radius 3 is 1.55 bits per heavy atom. The van der Waals surface area contributed by atoms with Crippen molar-refractivity contribution in [3.8, 4) is 0 Å². The predicted molar refractivity (Wildman–Crippen MR) is 38.1 cm³/mol. The first-order chi connectivity index (χ1) is 4.54. The van der Waals surface area contributed by atoms with Gasteiger partial charge in [0, 0.05) is 0 Å². The summed E-state index contributed by atoms with van der Waals surface area (Å²) < 4.78 is 21.6. The van der Waals surface area contributed by atoms with Crippen molar-refractivity contribution in [2.45, 2.75) is 0 Å². The van der Waals surface area contributed by atoms with Crippen LogP contribution in [0.2, 0.25) is 0 Å². The second-order valence-corrected chi connectivity index (χ2v) is 2.70. The third-order valence-electron chi connectivity index (χ3n) is 0.133. The maximum absolute atomic E-state index is 9.24. The molecule has 0 aliphatic heterocycles. The summed E-state index contributed by atoms with van der Waals surface area (Å²) in [4.78, 5) is 18.5. The van der Waals surface area contributed by atoms with E-state index in [1.807, 2.05) is 0 Å². The van der Waals surface area contributed by atoms with Gasteiger partial charge in [0.15, 0.2) is 0 Å². The molecule has 6 nitrogen and oxygen atoms in total. The van der Waals surface area contributed by atoms with Gasteiger partial charge in [0.2, 0.25) is 0 Å². The molecule has 0 heterocycles. The molecule has 0 saturated carbocycles. The molecule has 0 fully saturated rings. The number of hydrogen-bond acceptors (Lipinski definition) is 6. The van der Waals surface area contributed by atoms with Gasteiger partial charge in [0.05, 0.1) is 5.52 Å². The van der Waals surface area contributed by atoms with Gasteiger partial charge < -0.3 is 14.9 Å². The molecule has 0 aromatic rings. The summed E-state index contributed by atoms with van der Waals surface area (Å²) in [7, 11) is -6.47. The molecule has 11 heavy (non-hydrogen) atoms. The summed E-state index contributed by atoms with van der Waals surface area (Å²) >= 11 is 2.70. The van der Waals surface area contributed by atoms with E-state index >= 15 is 0 Å². The summed E-state index contributed by atoms with van der Waals surface area (Å²) in [6, 6.07) is 0. The second kappa shape index (κ2) is 14.3. The Hall–Kier alpha value is 1.78. The zero-order valence-electron chi connectivity index (χ0n) is 5.18. The van der Waals surface area contributed by atoms with E-state index in [-0.39, 0.29) is 43.3 Å². The predicted octanol–water partition coefficient (Wildman–Crippen LogP) is -1.01. The van der Waals surface area contributed by atoms with Crippen LogP contribution >= 0.6 is 32.4 Å². The summed E-state index contributed by atoms with van der Waals surface area (Å²) in [5, 5.41) is 7.49. The van der Waals surface area contributed by atoms with Crippen LogP contribution in [0.15, 0.2) is 0 Å². The first-order valence-electron chi connectivity index (χ1n) is 1.68. The number of aliphatic hydroxyl groups excluding tert-OH is 1. The minimum absolute atomic E-state index is 0. The van der Waals surface area contributed by atoms with Crippen molar-refractivity contribution >= 4 is 70.2 Å². The van der Waals surface area contributed by atoms with Gasteiger partial charge in [-0.25, -0.2) is 0 Å². The molecule has 0 bridgehead atoms. The maximum atomic E-state index is 9.24. The normalized spacial score (nSPS) is 10.2. The Morgan fingerprint density at radius 1 is 1.36 bits per heavy atom. The van der Waals surface area contributed by atoms with Crippen molar-refractivity contribution in [3.05, 3.63) is 0 Å². The number of rotatable bonds is 2. The van der Waals surface area contributed by atoms with E-state index in [4.69, 9.17) is 5.11 Å². The molecule has 2 unspecified atom stereocenters. The summed E-state index contributed by atoms with van der Waals surface area (Å²) in [6.45, 7) is 0. The Kier molecular flexibility index (Phi) is 24.1. The van der Waals surface area contributed by atoms with Crippen LogP contribution in [0, 0.1) is 0 Å². The molecule has 0 aliphatic rings. The van der Waals surface area contributed by atoms with Crippen LogP contribution in [-0.2, 0) is 13.4 Å². The van der Waals surface area contributed by atoms with E-state index in [2.05, 4.69) is 20.2 Å². The molecule has 0 aliphatic carbocycles. The first-order valence-corrected chi connectivity index (χ1v) is 4.99. The van der Waals surface area contributed by atoms with Crippen molar-refractivity contribution < 1.29 is 28.3 Å². The van der Waals surface area contributed by atoms with Crippen LogP contribution in [0.1, 0.15) is 0 Å². The molecular formula is CH3BrCaO6P2+2. The van der Waals surface area contributed by atoms with E-state index in [1.165, 1.54) is 0 Å². The van der Waals surface area contributed by atoms with Crippen LogP contribution < -0.4 is 9.79 Å². The standard InChI is InChI=1S/CH3BrO.Ca.O5P2/c2-1-3;;1-6(2)5-7(3)4/h3H,1H2;;/q;+2;. The van der Waals surface area contributed by atoms with E-state index in [0.29, 0.717) is 0 Å². The zero-order chi connectivity index (χ0) is 8.57. The minimum Gasteiger partial charge on any atom is -0.563 e. The van der Waals surface area contributed by atoms with E-state index in [9.17, 15) is 18.9 Å². The molecule has 0 spiro atoms. The quantitative estimate of drug-likeness (QED) is 0.397. The van der Waals surface area contributed by atoms with E-state index in [0.717, 1.165) is 0 Å².